The highest BCUT2D eigenvalue weighted by Gasteiger charge is 2.33. The Hall–Kier alpha value is -4.11. The molecule has 222 valence electrons. The van der Waals surface area contributed by atoms with Crippen molar-refractivity contribution in [2.24, 2.45) is 0 Å². The molecule has 2 fully saturated rings. The lowest BCUT2D eigenvalue weighted by atomic mass is 9.82. The molecular weight excluding hydrogens is 558 g/mol. The molecule has 2 saturated heterocycles. The normalized spacial score (nSPS) is 21.6. The minimum atomic E-state index is -4.38. The van der Waals surface area contributed by atoms with Gasteiger partial charge < -0.3 is 0 Å². The second kappa shape index (κ2) is 11.9. The summed E-state index contributed by atoms with van der Waals surface area (Å²) in [5, 5.41) is 2.71. The second-order valence-electron chi connectivity index (χ2n) is 11.5. The quantitative estimate of drug-likeness (QED) is 0.196. The zero-order valence-corrected chi connectivity index (χ0v) is 23.4. The van der Waals surface area contributed by atoms with Gasteiger partial charge in [-0.3, -0.25) is 24.8 Å². The average molecular weight is 590 g/mol. The molecule has 2 aliphatic heterocycles. The van der Waals surface area contributed by atoms with Crippen LogP contribution in [0.5, 0.6) is 0 Å². The number of hydrogen-bond donors (Lipinski definition) is 1. The van der Waals surface area contributed by atoms with Crippen LogP contribution < -0.4 is 5.32 Å². The number of amides is 2. The maximum absolute atomic E-state index is 16.2. The second-order valence-corrected chi connectivity index (χ2v) is 11.5. The summed E-state index contributed by atoms with van der Waals surface area (Å²) in [7, 11) is 0. The van der Waals surface area contributed by atoms with Gasteiger partial charge in [-0.25, -0.2) is 4.39 Å². The SMILES string of the molecule is O=C1CCC(c2cnc3ccc(C4CCN(Cc5ccc(C(F)(F)F)cc5)C(Cc5ccccc5)C4)c(F)c3c2)C(=O)N1. The van der Waals surface area contributed by atoms with E-state index in [0.717, 1.165) is 29.7 Å². The van der Waals surface area contributed by atoms with Crippen LogP contribution in [0.1, 0.15) is 65.3 Å². The molecule has 1 N–H and O–H groups in total. The molecule has 9 heteroatoms. The topological polar surface area (TPSA) is 62.3 Å². The number of piperidine rings is 2. The number of nitrogens with zero attached hydrogens (tertiary/aromatic N) is 2. The van der Waals surface area contributed by atoms with Gasteiger partial charge in [0.1, 0.15) is 5.82 Å². The molecule has 0 saturated carbocycles. The van der Waals surface area contributed by atoms with E-state index in [-0.39, 0.29) is 30.1 Å². The lowest BCUT2D eigenvalue weighted by Crippen LogP contribution is -2.42. The van der Waals surface area contributed by atoms with Crippen LogP contribution in [-0.4, -0.2) is 34.3 Å². The van der Waals surface area contributed by atoms with E-state index in [0.29, 0.717) is 54.4 Å². The average Bonchev–Trinajstić information content (AvgIpc) is 2.99. The van der Waals surface area contributed by atoms with Crippen molar-refractivity contribution in [2.75, 3.05) is 6.54 Å². The van der Waals surface area contributed by atoms with Gasteiger partial charge in [-0.2, -0.15) is 13.2 Å². The molecule has 2 amide bonds. The summed E-state index contributed by atoms with van der Waals surface area (Å²) in [6.45, 7) is 1.16. The number of rotatable bonds is 6. The summed E-state index contributed by atoms with van der Waals surface area (Å²) >= 11 is 0. The molecule has 2 aliphatic rings. The predicted molar refractivity (Wildman–Crippen MR) is 155 cm³/mol. The number of aromatic nitrogens is 1. The van der Waals surface area contributed by atoms with Gasteiger partial charge >= 0.3 is 6.18 Å². The molecule has 43 heavy (non-hydrogen) atoms. The fourth-order valence-corrected chi connectivity index (χ4v) is 6.44. The van der Waals surface area contributed by atoms with Crippen LogP contribution in [0.25, 0.3) is 10.9 Å². The summed E-state index contributed by atoms with van der Waals surface area (Å²) in [6, 6.07) is 20.7. The third kappa shape index (κ3) is 6.32. The number of hydrogen-bond acceptors (Lipinski definition) is 4. The number of nitrogens with one attached hydrogen (secondary N) is 1. The molecule has 0 spiro atoms. The number of likely N-dealkylation sites (tertiary alicyclic amines) is 1. The standard InChI is InChI=1S/C34H31F4N3O2/c35-32-27(10-12-30-29(32)18-24(19-39-30)28-11-13-31(42)40-33(28)43)23-14-15-41(26(17-23)16-21-4-2-1-3-5-21)20-22-6-8-25(9-7-22)34(36,37)38/h1-10,12,18-19,23,26,28H,11,13-17,20H2,(H,40,42,43). The van der Waals surface area contributed by atoms with E-state index in [1.54, 1.807) is 18.3 Å². The van der Waals surface area contributed by atoms with E-state index >= 15 is 4.39 Å². The summed E-state index contributed by atoms with van der Waals surface area (Å²) in [6.07, 6.45) is -0.115. The summed E-state index contributed by atoms with van der Waals surface area (Å²) < 4.78 is 55.5. The maximum Gasteiger partial charge on any atom is 0.416 e. The molecule has 5 nitrogen and oxygen atoms in total. The largest absolute Gasteiger partial charge is 0.416 e. The number of carbonyl (C=O) groups is 2. The monoisotopic (exact) mass is 589 g/mol. The number of carbonyl (C=O) groups excluding carboxylic acids is 2. The summed E-state index contributed by atoms with van der Waals surface area (Å²) in [4.78, 5) is 30.8. The molecule has 0 aliphatic carbocycles. The van der Waals surface area contributed by atoms with Crippen LogP contribution in [0.2, 0.25) is 0 Å². The first-order valence-corrected chi connectivity index (χ1v) is 14.5. The minimum Gasteiger partial charge on any atom is -0.296 e. The Balaban J connectivity index is 1.26. The maximum atomic E-state index is 16.2. The van der Waals surface area contributed by atoms with Crippen molar-refractivity contribution in [1.29, 1.82) is 0 Å². The Kier molecular flexibility index (Phi) is 8.01. The minimum absolute atomic E-state index is 0.0477. The van der Waals surface area contributed by atoms with E-state index in [4.69, 9.17) is 0 Å². The lowest BCUT2D eigenvalue weighted by molar-refractivity contribution is -0.138. The molecular formula is C34H31F4N3O2. The molecule has 1 aromatic heterocycles. The Morgan fingerprint density at radius 3 is 2.42 bits per heavy atom. The molecule has 3 heterocycles. The number of pyridine rings is 1. The van der Waals surface area contributed by atoms with E-state index in [1.807, 2.05) is 24.3 Å². The van der Waals surface area contributed by atoms with Gasteiger partial charge in [-0.1, -0.05) is 48.5 Å². The molecule has 3 aromatic carbocycles. The first-order valence-electron chi connectivity index (χ1n) is 14.5. The highest BCUT2D eigenvalue weighted by Crippen LogP contribution is 2.38. The van der Waals surface area contributed by atoms with Gasteiger partial charge in [0.05, 0.1) is 17.0 Å². The van der Waals surface area contributed by atoms with Gasteiger partial charge in [0, 0.05) is 30.6 Å². The van der Waals surface area contributed by atoms with Crippen molar-refractivity contribution < 1.29 is 27.2 Å². The highest BCUT2D eigenvalue weighted by molar-refractivity contribution is 6.01. The van der Waals surface area contributed by atoms with E-state index < -0.39 is 23.6 Å². The zero-order valence-electron chi connectivity index (χ0n) is 23.4. The summed E-state index contributed by atoms with van der Waals surface area (Å²) in [5.41, 5.74) is 2.95. The van der Waals surface area contributed by atoms with Gasteiger partial charge in [-0.05, 0) is 84.7 Å². The van der Waals surface area contributed by atoms with Crippen LogP contribution in [0.15, 0.2) is 79.0 Å². The zero-order chi connectivity index (χ0) is 30.1. The molecule has 0 bridgehead atoms. The van der Waals surface area contributed by atoms with Crippen LogP contribution in [0, 0.1) is 5.82 Å². The molecule has 0 radical (unpaired) electrons. The third-order valence-corrected chi connectivity index (χ3v) is 8.75. The van der Waals surface area contributed by atoms with Crippen molar-refractivity contribution in [3.63, 3.8) is 0 Å². The Bertz CT molecular complexity index is 1640. The number of benzene rings is 3. The van der Waals surface area contributed by atoms with E-state index in [1.165, 1.54) is 12.1 Å². The van der Waals surface area contributed by atoms with Gasteiger partial charge in [0.25, 0.3) is 0 Å². The smallest absolute Gasteiger partial charge is 0.296 e. The Labute approximate surface area is 246 Å². The molecule has 3 atom stereocenters. The molecule has 4 aromatic rings. The van der Waals surface area contributed by atoms with Crippen LogP contribution in [-0.2, 0) is 28.7 Å². The third-order valence-electron chi connectivity index (χ3n) is 8.75. The fraction of sp³-hybridized carbons (Fsp3) is 0.324. The predicted octanol–water partition coefficient (Wildman–Crippen LogP) is 6.90. The van der Waals surface area contributed by atoms with Gasteiger partial charge in [0.15, 0.2) is 0 Å². The first kappa shape index (κ1) is 29.0. The van der Waals surface area contributed by atoms with Crippen molar-refractivity contribution >= 4 is 22.7 Å². The lowest BCUT2D eigenvalue weighted by Gasteiger charge is -2.40. The van der Waals surface area contributed by atoms with Crippen molar-refractivity contribution in [1.82, 2.24) is 15.2 Å². The van der Waals surface area contributed by atoms with Gasteiger partial charge in [-0.15, -0.1) is 0 Å². The number of halogens is 4. The van der Waals surface area contributed by atoms with Crippen LogP contribution in [0.3, 0.4) is 0 Å². The number of fused-ring (bicyclic) bond motifs is 1. The van der Waals surface area contributed by atoms with Gasteiger partial charge in [0.2, 0.25) is 11.8 Å². The Morgan fingerprint density at radius 2 is 1.70 bits per heavy atom. The molecule has 6 rings (SSSR count). The van der Waals surface area contributed by atoms with E-state index in [9.17, 15) is 22.8 Å². The van der Waals surface area contributed by atoms with E-state index in [2.05, 4.69) is 27.3 Å². The fourth-order valence-electron chi connectivity index (χ4n) is 6.44. The first-order chi connectivity index (χ1) is 20.7. The Morgan fingerprint density at radius 1 is 0.930 bits per heavy atom. The molecule has 3 unspecified atom stereocenters. The number of alkyl halides is 3. The highest BCUT2D eigenvalue weighted by atomic mass is 19.4. The van der Waals surface area contributed by atoms with Crippen molar-refractivity contribution in [3.05, 3.63) is 113 Å². The van der Waals surface area contributed by atoms with Crippen LogP contribution in [0.4, 0.5) is 17.6 Å². The van der Waals surface area contributed by atoms with Crippen LogP contribution >= 0.6 is 0 Å². The summed E-state index contributed by atoms with van der Waals surface area (Å²) in [5.74, 6) is -1.67. The number of imide groups is 1. The van der Waals surface area contributed by atoms with Crippen molar-refractivity contribution in [2.45, 2.75) is 62.7 Å². The van der Waals surface area contributed by atoms with Crippen molar-refractivity contribution in [3.8, 4) is 0 Å².